The van der Waals surface area contributed by atoms with Crippen LogP contribution in [0.1, 0.15) is 13.3 Å². The fourth-order valence-corrected chi connectivity index (χ4v) is 2.36. The second-order valence-corrected chi connectivity index (χ2v) is 4.62. The molecule has 1 aromatic carbocycles. The maximum Gasteiger partial charge on any atom is 0.152 e. The Kier molecular flexibility index (Phi) is 4.78. The Morgan fingerprint density at radius 1 is 1.60 bits per heavy atom. The molecule has 1 aromatic rings. The average molecular weight is 245 g/mol. The van der Waals surface area contributed by atoms with E-state index in [9.17, 15) is 0 Å². The number of rotatable bonds is 4. The number of oxime groups is 1. The SMILES string of the molecule is CCC(Sc1ccccc1Cl)C(N)=NO. The van der Waals surface area contributed by atoms with Crippen molar-refractivity contribution in [2.75, 3.05) is 0 Å². The first-order chi connectivity index (χ1) is 7.19. The fraction of sp³-hybridized carbons (Fsp3) is 0.300. The lowest BCUT2D eigenvalue weighted by atomic mass is 10.3. The van der Waals surface area contributed by atoms with Gasteiger partial charge in [0.15, 0.2) is 5.84 Å². The molecular formula is C10H13ClN2OS. The molecule has 1 unspecified atom stereocenters. The van der Waals surface area contributed by atoms with Crippen molar-refractivity contribution in [2.24, 2.45) is 10.9 Å². The quantitative estimate of drug-likeness (QED) is 0.282. The normalized spacial score (nSPS) is 13.9. The standard InChI is InChI=1S/C10H13ClN2OS/c1-2-8(10(12)13-14)15-9-6-4-3-5-7(9)11/h3-6,8,14H,2H2,1H3,(H2,12,13). The molecule has 0 bridgehead atoms. The molecule has 0 aliphatic rings. The lowest BCUT2D eigenvalue weighted by Gasteiger charge is -2.13. The molecule has 82 valence electrons. The van der Waals surface area contributed by atoms with Crippen LogP contribution >= 0.6 is 23.4 Å². The van der Waals surface area contributed by atoms with Crippen molar-refractivity contribution in [3.8, 4) is 0 Å². The minimum absolute atomic E-state index is 0.0464. The molecule has 0 amide bonds. The van der Waals surface area contributed by atoms with Crippen LogP contribution in [0.25, 0.3) is 0 Å². The lowest BCUT2D eigenvalue weighted by molar-refractivity contribution is 0.317. The van der Waals surface area contributed by atoms with Gasteiger partial charge in [-0.2, -0.15) is 0 Å². The maximum absolute atomic E-state index is 8.60. The monoisotopic (exact) mass is 244 g/mol. The molecule has 1 rings (SSSR count). The molecule has 0 aliphatic heterocycles. The first-order valence-corrected chi connectivity index (χ1v) is 5.83. The number of thioether (sulfide) groups is 1. The van der Waals surface area contributed by atoms with Gasteiger partial charge in [-0.15, -0.1) is 11.8 Å². The van der Waals surface area contributed by atoms with Crippen molar-refractivity contribution in [1.29, 1.82) is 0 Å². The van der Waals surface area contributed by atoms with Crippen LogP contribution in [0.4, 0.5) is 0 Å². The van der Waals surface area contributed by atoms with E-state index in [0.717, 1.165) is 11.3 Å². The van der Waals surface area contributed by atoms with Crippen molar-refractivity contribution in [1.82, 2.24) is 0 Å². The van der Waals surface area contributed by atoms with Gasteiger partial charge in [-0.1, -0.05) is 35.8 Å². The average Bonchev–Trinajstić information content (AvgIpc) is 2.27. The highest BCUT2D eigenvalue weighted by Gasteiger charge is 2.14. The first kappa shape index (κ1) is 12.2. The van der Waals surface area contributed by atoms with E-state index in [1.165, 1.54) is 11.8 Å². The third kappa shape index (κ3) is 3.32. The van der Waals surface area contributed by atoms with Gasteiger partial charge in [-0.05, 0) is 18.6 Å². The van der Waals surface area contributed by atoms with Crippen LogP contribution in [0, 0.1) is 0 Å². The smallest absolute Gasteiger partial charge is 0.152 e. The predicted octanol–water partition coefficient (Wildman–Crippen LogP) is 2.96. The molecule has 0 spiro atoms. The fourth-order valence-electron chi connectivity index (χ4n) is 1.11. The van der Waals surface area contributed by atoms with Gasteiger partial charge < -0.3 is 10.9 Å². The van der Waals surface area contributed by atoms with E-state index in [1.54, 1.807) is 0 Å². The molecule has 3 N–H and O–H groups in total. The molecule has 0 saturated heterocycles. The number of hydrogen-bond donors (Lipinski definition) is 2. The molecule has 0 saturated carbocycles. The van der Waals surface area contributed by atoms with Gasteiger partial charge in [0.1, 0.15) is 0 Å². The summed E-state index contributed by atoms with van der Waals surface area (Å²) in [5.74, 6) is 0.224. The van der Waals surface area contributed by atoms with Gasteiger partial charge in [0.25, 0.3) is 0 Å². The molecule has 0 fully saturated rings. The zero-order chi connectivity index (χ0) is 11.3. The Morgan fingerprint density at radius 3 is 2.80 bits per heavy atom. The van der Waals surface area contributed by atoms with Crippen molar-refractivity contribution in [3.63, 3.8) is 0 Å². The number of benzene rings is 1. The summed E-state index contributed by atoms with van der Waals surface area (Å²) < 4.78 is 0. The number of halogens is 1. The van der Waals surface area contributed by atoms with Gasteiger partial charge in [-0.3, -0.25) is 0 Å². The molecule has 0 aromatic heterocycles. The Labute approximate surface area is 98.3 Å². The van der Waals surface area contributed by atoms with Gasteiger partial charge in [0.2, 0.25) is 0 Å². The van der Waals surface area contributed by atoms with E-state index in [2.05, 4.69) is 5.16 Å². The van der Waals surface area contributed by atoms with Crippen LogP contribution in [0.3, 0.4) is 0 Å². The van der Waals surface area contributed by atoms with E-state index < -0.39 is 0 Å². The third-order valence-electron chi connectivity index (χ3n) is 1.92. The van der Waals surface area contributed by atoms with Crippen LogP contribution in [0.5, 0.6) is 0 Å². The predicted molar refractivity (Wildman–Crippen MR) is 64.8 cm³/mol. The van der Waals surface area contributed by atoms with Crippen molar-refractivity contribution >= 4 is 29.2 Å². The molecular weight excluding hydrogens is 232 g/mol. The van der Waals surface area contributed by atoms with Crippen molar-refractivity contribution in [2.45, 2.75) is 23.5 Å². The third-order valence-corrected chi connectivity index (χ3v) is 3.83. The molecule has 0 radical (unpaired) electrons. The van der Waals surface area contributed by atoms with Crippen LogP contribution in [-0.4, -0.2) is 16.3 Å². The minimum atomic E-state index is -0.0464. The Morgan fingerprint density at radius 2 is 2.27 bits per heavy atom. The van der Waals surface area contributed by atoms with E-state index in [0.29, 0.717) is 5.02 Å². The molecule has 5 heteroatoms. The number of nitrogens with two attached hydrogens (primary N) is 1. The summed E-state index contributed by atoms with van der Waals surface area (Å²) in [5, 5.41) is 12.3. The van der Waals surface area contributed by atoms with Crippen LogP contribution in [0.2, 0.25) is 5.02 Å². The van der Waals surface area contributed by atoms with Crippen LogP contribution < -0.4 is 5.73 Å². The number of hydrogen-bond acceptors (Lipinski definition) is 3. The zero-order valence-corrected chi connectivity index (χ0v) is 9.92. The summed E-state index contributed by atoms with van der Waals surface area (Å²) in [6, 6.07) is 7.52. The van der Waals surface area contributed by atoms with Gasteiger partial charge in [-0.25, -0.2) is 0 Å². The summed E-state index contributed by atoms with van der Waals surface area (Å²) in [5.41, 5.74) is 5.56. The molecule has 0 aliphatic carbocycles. The lowest BCUT2D eigenvalue weighted by Crippen LogP contribution is -2.25. The highest BCUT2D eigenvalue weighted by molar-refractivity contribution is 8.00. The summed E-state index contributed by atoms with van der Waals surface area (Å²) in [6.45, 7) is 1.98. The Hall–Kier alpha value is -0.870. The molecule has 3 nitrogen and oxygen atoms in total. The minimum Gasteiger partial charge on any atom is -0.409 e. The topological polar surface area (TPSA) is 58.6 Å². The largest absolute Gasteiger partial charge is 0.409 e. The maximum atomic E-state index is 8.60. The van der Waals surface area contributed by atoms with Crippen molar-refractivity contribution in [3.05, 3.63) is 29.3 Å². The van der Waals surface area contributed by atoms with Gasteiger partial charge in [0, 0.05) is 4.90 Å². The zero-order valence-electron chi connectivity index (χ0n) is 8.35. The van der Waals surface area contributed by atoms with Crippen molar-refractivity contribution < 1.29 is 5.21 Å². The van der Waals surface area contributed by atoms with E-state index in [4.69, 9.17) is 22.5 Å². The molecule has 15 heavy (non-hydrogen) atoms. The summed E-state index contributed by atoms with van der Waals surface area (Å²) in [4.78, 5) is 0.942. The second-order valence-electron chi connectivity index (χ2n) is 2.97. The molecule has 1 atom stereocenters. The Bertz CT molecular complexity index is 357. The molecule has 0 heterocycles. The van der Waals surface area contributed by atoms with E-state index >= 15 is 0 Å². The summed E-state index contributed by atoms with van der Waals surface area (Å²) >= 11 is 7.51. The summed E-state index contributed by atoms with van der Waals surface area (Å²) in [6.07, 6.45) is 0.784. The Balaban J connectivity index is 2.80. The number of amidine groups is 1. The van der Waals surface area contributed by atoms with Crippen LogP contribution in [0.15, 0.2) is 34.3 Å². The van der Waals surface area contributed by atoms with Gasteiger partial charge >= 0.3 is 0 Å². The van der Waals surface area contributed by atoms with E-state index in [1.807, 2.05) is 31.2 Å². The highest BCUT2D eigenvalue weighted by atomic mass is 35.5. The van der Waals surface area contributed by atoms with Gasteiger partial charge in [0.05, 0.1) is 10.3 Å². The van der Waals surface area contributed by atoms with Crippen LogP contribution in [-0.2, 0) is 0 Å². The highest BCUT2D eigenvalue weighted by Crippen LogP contribution is 2.31. The number of nitrogens with zero attached hydrogens (tertiary/aromatic N) is 1. The van der Waals surface area contributed by atoms with E-state index in [-0.39, 0.29) is 11.1 Å². The summed E-state index contributed by atoms with van der Waals surface area (Å²) in [7, 11) is 0. The second kappa shape index (κ2) is 5.88. The first-order valence-electron chi connectivity index (χ1n) is 4.57.